The van der Waals surface area contributed by atoms with Crippen LogP contribution in [0.5, 0.6) is 0 Å². The van der Waals surface area contributed by atoms with Crippen LogP contribution in [0.2, 0.25) is 0 Å². The first-order valence-electron chi connectivity index (χ1n) is 9.18. The van der Waals surface area contributed by atoms with Gasteiger partial charge < -0.3 is 15.5 Å². The molecule has 1 saturated heterocycles. The van der Waals surface area contributed by atoms with Crippen molar-refractivity contribution in [3.8, 4) is 0 Å². The zero-order valence-corrected chi connectivity index (χ0v) is 15.9. The van der Waals surface area contributed by atoms with Gasteiger partial charge in [0.05, 0.1) is 6.42 Å². The first kappa shape index (κ1) is 19.9. The summed E-state index contributed by atoms with van der Waals surface area (Å²) in [6, 6.07) is 9.15. The number of nitrogens with one attached hydrogen (secondary N) is 2. The predicted octanol–water partition coefficient (Wildman–Crippen LogP) is 1.50. The highest BCUT2D eigenvalue weighted by molar-refractivity contribution is 5.89. The van der Waals surface area contributed by atoms with E-state index < -0.39 is 11.5 Å². The Kier molecular flexibility index (Phi) is 6.77. The Balaban J connectivity index is 1.80. The predicted molar refractivity (Wildman–Crippen MR) is 100 cm³/mol. The number of benzene rings is 1. The lowest BCUT2D eigenvalue weighted by molar-refractivity contribution is -0.137. The van der Waals surface area contributed by atoms with Crippen LogP contribution in [0, 0.1) is 5.41 Å². The van der Waals surface area contributed by atoms with Crippen LogP contribution >= 0.6 is 0 Å². The molecule has 6 nitrogen and oxygen atoms in total. The van der Waals surface area contributed by atoms with Crippen molar-refractivity contribution >= 4 is 17.7 Å². The van der Waals surface area contributed by atoms with Crippen LogP contribution < -0.4 is 10.6 Å². The summed E-state index contributed by atoms with van der Waals surface area (Å²) in [5, 5.41) is 5.63. The number of carbonyl (C=O) groups is 3. The molecular formula is C20H29N3O3. The fraction of sp³-hybridized carbons (Fsp3) is 0.550. The van der Waals surface area contributed by atoms with Gasteiger partial charge >= 0.3 is 0 Å². The van der Waals surface area contributed by atoms with E-state index in [-0.39, 0.29) is 17.7 Å². The van der Waals surface area contributed by atoms with Crippen molar-refractivity contribution in [3.05, 3.63) is 35.9 Å². The Morgan fingerprint density at radius 3 is 2.38 bits per heavy atom. The largest absolute Gasteiger partial charge is 0.354 e. The summed E-state index contributed by atoms with van der Waals surface area (Å²) >= 11 is 0. The number of hydrogen-bond donors (Lipinski definition) is 2. The summed E-state index contributed by atoms with van der Waals surface area (Å²) in [6.07, 6.45) is 1.83. The maximum atomic E-state index is 12.5. The molecule has 2 rings (SSSR count). The van der Waals surface area contributed by atoms with E-state index in [1.807, 2.05) is 51.1 Å². The van der Waals surface area contributed by atoms with Crippen molar-refractivity contribution in [1.29, 1.82) is 0 Å². The van der Waals surface area contributed by atoms with E-state index in [4.69, 9.17) is 0 Å². The molecule has 0 aliphatic carbocycles. The minimum Gasteiger partial charge on any atom is -0.354 e. The Morgan fingerprint density at radius 1 is 1.08 bits per heavy atom. The molecule has 0 radical (unpaired) electrons. The highest BCUT2D eigenvalue weighted by Crippen LogP contribution is 2.19. The molecule has 0 aromatic heterocycles. The smallest absolute Gasteiger partial charge is 0.242 e. The van der Waals surface area contributed by atoms with Gasteiger partial charge in [-0.15, -0.1) is 0 Å². The second-order valence-electron chi connectivity index (χ2n) is 7.70. The molecule has 0 saturated carbocycles. The molecule has 26 heavy (non-hydrogen) atoms. The second-order valence-corrected chi connectivity index (χ2v) is 7.70. The van der Waals surface area contributed by atoms with Gasteiger partial charge in [0.2, 0.25) is 17.7 Å². The molecule has 1 aromatic carbocycles. The van der Waals surface area contributed by atoms with E-state index in [2.05, 4.69) is 10.6 Å². The number of amides is 3. The third-order valence-electron chi connectivity index (χ3n) is 4.46. The van der Waals surface area contributed by atoms with Crippen molar-refractivity contribution in [2.75, 3.05) is 19.6 Å². The summed E-state index contributed by atoms with van der Waals surface area (Å²) in [6.45, 7) is 6.88. The number of rotatable bonds is 6. The molecule has 0 spiro atoms. The van der Waals surface area contributed by atoms with Crippen LogP contribution in [0.3, 0.4) is 0 Å². The molecular weight excluding hydrogens is 330 g/mol. The van der Waals surface area contributed by atoms with Crippen molar-refractivity contribution in [1.82, 2.24) is 15.5 Å². The number of likely N-dealkylation sites (tertiary alicyclic amines) is 1. The monoisotopic (exact) mass is 359 g/mol. The van der Waals surface area contributed by atoms with Gasteiger partial charge in [-0.3, -0.25) is 14.4 Å². The zero-order chi connectivity index (χ0) is 19.2. The average molecular weight is 359 g/mol. The van der Waals surface area contributed by atoms with Gasteiger partial charge in [-0.1, -0.05) is 51.1 Å². The number of carbonyl (C=O) groups excluding carboxylic acids is 3. The van der Waals surface area contributed by atoms with Crippen molar-refractivity contribution in [2.24, 2.45) is 5.41 Å². The topological polar surface area (TPSA) is 78.5 Å². The highest BCUT2D eigenvalue weighted by Gasteiger charge is 2.33. The second kappa shape index (κ2) is 8.83. The SMILES string of the molecule is CC(C)(C)C(=O)NCCNC(=O)C1CCCN1C(=O)Cc1ccccc1. The molecule has 0 bridgehead atoms. The van der Waals surface area contributed by atoms with Gasteiger partial charge in [0, 0.05) is 25.0 Å². The minimum absolute atomic E-state index is 0.0186. The van der Waals surface area contributed by atoms with Crippen LogP contribution in [-0.4, -0.2) is 48.3 Å². The quantitative estimate of drug-likeness (QED) is 0.756. The highest BCUT2D eigenvalue weighted by atomic mass is 16.2. The standard InChI is InChI=1S/C20H29N3O3/c1-20(2,3)19(26)22-12-11-21-18(25)16-10-7-13-23(16)17(24)14-15-8-5-4-6-9-15/h4-6,8-9,16H,7,10-14H2,1-3H3,(H,21,25)(H,22,26). The van der Waals surface area contributed by atoms with E-state index in [0.29, 0.717) is 32.5 Å². The van der Waals surface area contributed by atoms with Gasteiger partial charge in [0.1, 0.15) is 6.04 Å². The lowest BCUT2D eigenvalue weighted by atomic mass is 9.96. The molecule has 3 amide bonds. The van der Waals surface area contributed by atoms with Gasteiger partial charge in [-0.05, 0) is 18.4 Å². The first-order chi connectivity index (χ1) is 12.3. The Hall–Kier alpha value is -2.37. The maximum Gasteiger partial charge on any atom is 0.242 e. The fourth-order valence-electron chi connectivity index (χ4n) is 2.95. The molecule has 1 unspecified atom stereocenters. The van der Waals surface area contributed by atoms with Crippen molar-refractivity contribution in [3.63, 3.8) is 0 Å². The molecule has 2 N–H and O–H groups in total. The first-order valence-corrected chi connectivity index (χ1v) is 9.18. The van der Waals surface area contributed by atoms with Crippen LogP contribution in [0.25, 0.3) is 0 Å². The van der Waals surface area contributed by atoms with Crippen LogP contribution in [0.4, 0.5) is 0 Å². The third kappa shape index (κ3) is 5.58. The molecule has 1 aliphatic heterocycles. The summed E-state index contributed by atoms with van der Waals surface area (Å²) in [5.74, 6) is -0.212. The minimum atomic E-state index is -0.448. The molecule has 6 heteroatoms. The molecule has 1 atom stereocenters. The molecule has 1 fully saturated rings. The molecule has 1 aliphatic rings. The molecule has 1 heterocycles. The van der Waals surface area contributed by atoms with Crippen LogP contribution in [0.1, 0.15) is 39.2 Å². The van der Waals surface area contributed by atoms with E-state index in [1.165, 1.54) is 0 Å². The Morgan fingerprint density at radius 2 is 1.73 bits per heavy atom. The normalized spacial score (nSPS) is 17.0. The maximum absolute atomic E-state index is 12.5. The van der Waals surface area contributed by atoms with E-state index in [1.54, 1.807) is 4.90 Å². The van der Waals surface area contributed by atoms with Crippen LogP contribution in [0.15, 0.2) is 30.3 Å². The number of hydrogen-bond acceptors (Lipinski definition) is 3. The number of nitrogens with zero attached hydrogens (tertiary/aromatic N) is 1. The van der Waals surface area contributed by atoms with E-state index in [9.17, 15) is 14.4 Å². The van der Waals surface area contributed by atoms with Crippen LogP contribution in [-0.2, 0) is 20.8 Å². The summed E-state index contributed by atoms with van der Waals surface area (Å²) < 4.78 is 0. The molecule has 142 valence electrons. The lowest BCUT2D eigenvalue weighted by Gasteiger charge is -2.24. The third-order valence-corrected chi connectivity index (χ3v) is 4.46. The van der Waals surface area contributed by atoms with Crippen molar-refractivity contribution < 1.29 is 14.4 Å². The van der Waals surface area contributed by atoms with E-state index >= 15 is 0 Å². The summed E-state index contributed by atoms with van der Waals surface area (Å²) in [4.78, 5) is 38.5. The van der Waals surface area contributed by atoms with Gasteiger partial charge in [-0.25, -0.2) is 0 Å². The van der Waals surface area contributed by atoms with Gasteiger partial charge in [-0.2, -0.15) is 0 Å². The fourth-order valence-corrected chi connectivity index (χ4v) is 2.95. The summed E-state index contributed by atoms with van der Waals surface area (Å²) in [7, 11) is 0. The Bertz CT molecular complexity index is 637. The average Bonchev–Trinajstić information content (AvgIpc) is 3.08. The van der Waals surface area contributed by atoms with Crippen molar-refractivity contribution in [2.45, 2.75) is 46.1 Å². The summed E-state index contributed by atoms with van der Waals surface area (Å²) in [5.41, 5.74) is 0.504. The van der Waals surface area contributed by atoms with E-state index in [0.717, 1.165) is 12.0 Å². The Labute approximate surface area is 155 Å². The van der Waals surface area contributed by atoms with Gasteiger partial charge in [0.15, 0.2) is 0 Å². The molecule has 1 aromatic rings. The lowest BCUT2D eigenvalue weighted by Crippen LogP contribution is -2.48. The van der Waals surface area contributed by atoms with Gasteiger partial charge in [0.25, 0.3) is 0 Å². The zero-order valence-electron chi connectivity index (χ0n) is 15.9.